The molecule has 0 radical (unpaired) electrons. The Morgan fingerprint density at radius 3 is 2.67 bits per heavy atom. The molecule has 1 atom stereocenters. The number of esters is 1. The topological polar surface area (TPSA) is 93.5 Å². The molecule has 0 saturated carbocycles. The molecule has 0 aliphatic heterocycles. The number of hydrogen-bond donors (Lipinski definition) is 3. The lowest BCUT2D eigenvalue weighted by Gasteiger charge is -2.16. The van der Waals surface area contributed by atoms with Gasteiger partial charge in [0.15, 0.2) is 0 Å². The third kappa shape index (κ3) is 4.98. The zero-order valence-electron chi connectivity index (χ0n) is 12.7. The van der Waals surface area contributed by atoms with E-state index in [9.17, 15) is 9.59 Å². The summed E-state index contributed by atoms with van der Waals surface area (Å²) < 4.78 is 4.94. The van der Waals surface area contributed by atoms with Gasteiger partial charge in [-0.15, -0.1) is 0 Å². The number of rotatable bonds is 7. The second-order valence-electron chi connectivity index (χ2n) is 4.68. The smallest absolute Gasteiger partial charge is 0.340 e. The largest absolute Gasteiger partial charge is 0.462 e. The Hall–Kier alpha value is -2.24. The third-order valence-corrected chi connectivity index (χ3v) is 2.87. The van der Waals surface area contributed by atoms with Gasteiger partial charge in [0, 0.05) is 17.9 Å². The Kier molecular flexibility index (Phi) is 6.52. The third-order valence-electron chi connectivity index (χ3n) is 2.87. The number of hydrogen-bond acceptors (Lipinski definition) is 5. The number of carbonyl (C=O) groups is 2. The standard InChI is InChI=1S/C15H23N3O3/c1-4-8-17-14(19)10(3)18-11-6-7-13(16)12(9-11)15(20)21-5-2/h6-7,9-10,18H,4-5,8,16H2,1-3H3,(H,17,19). The van der Waals surface area contributed by atoms with Crippen LogP contribution in [-0.4, -0.2) is 31.1 Å². The first-order chi connectivity index (χ1) is 9.99. The molecule has 6 heteroatoms. The highest BCUT2D eigenvalue weighted by Gasteiger charge is 2.15. The molecular formula is C15H23N3O3. The van der Waals surface area contributed by atoms with Gasteiger partial charge in [-0.3, -0.25) is 4.79 Å². The summed E-state index contributed by atoms with van der Waals surface area (Å²) in [6.45, 7) is 6.40. The zero-order valence-corrected chi connectivity index (χ0v) is 12.7. The van der Waals surface area contributed by atoms with Gasteiger partial charge < -0.3 is 21.1 Å². The van der Waals surface area contributed by atoms with Gasteiger partial charge in [-0.25, -0.2) is 4.79 Å². The minimum atomic E-state index is -0.471. The molecule has 0 aliphatic rings. The predicted molar refractivity (Wildman–Crippen MR) is 83.2 cm³/mol. The molecule has 0 spiro atoms. The van der Waals surface area contributed by atoms with Crippen molar-refractivity contribution in [3.8, 4) is 0 Å². The van der Waals surface area contributed by atoms with Crippen LogP contribution >= 0.6 is 0 Å². The van der Waals surface area contributed by atoms with E-state index in [0.29, 0.717) is 23.5 Å². The summed E-state index contributed by atoms with van der Waals surface area (Å²) in [4.78, 5) is 23.6. The van der Waals surface area contributed by atoms with Gasteiger partial charge in [-0.1, -0.05) is 6.92 Å². The molecule has 0 aromatic heterocycles. The Balaban J connectivity index is 2.78. The van der Waals surface area contributed by atoms with Crippen molar-refractivity contribution in [1.29, 1.82) is 0 Å². The number of benzene rings is 1. The van der Waals surface area contributed by atoms with Crippen LogP contribution in [0.25, 0.3) is 0 Å². The molecule has 0 heterocycles. The van der Waals surface area contributed by atoms with Crippen LogP contribution in [0.3, 0.4) is 0 Å². The molecule has 1 amide bonds. The van der Waals surface area contributed by atoms with Gasteiger partial charge in [0.05, 0.1) is 12.2 Å². The lowest BCUT2D eigenvalue weighted by molar-refractivity contribution is -0.121. The highest BCUT2D eigenvalue weighted by molar-refractivity contribution is 5.96. The predicted octanol–water partition coefficient (Wildman–Crippen LogP) is 1.77. The van der Waals surface area contributed by atoms with Crippen molar-refractivity contribution >= 4 is 23.3 Å². The van der Waals surface area contributed by atoms with Gasteiger partial charge in [0.1, 0.15) is 6.04 Å². The maximum absolute atomic E-state index is 11.8. The first-order valence-corrected chi connectivity index (χ1v) is 7.10. The van der Waals surface area contributed by atoms with Gasteiger partial charge in [0.2, 0.25) is 5.91 Å². The van der Waals surface area contributed by atoms with Crippen LogP contribution in [0.4, 0.5) is 11.4 Å². The number of anilines is 2. The normalized spacial score (nSPS) is 11.6. The van der Waals surface area contributed by atoms with E-state index in [4.69, 9.17) is 10.5 Å². The van der Waals surface area contributed by atoms with Gasteiger partial charge in [-0.2, -0.15) is 0 Å². The summed E-state index contributed by atoms with van der Waals surface area (Å²) in [6, 6.07) is 4.53. The average Bonchev–Trinajstić information content (AvgIpc) is 2.46. The summed E-state index contributed by atoms with van der Waals surface area (Å²) in [5.74, 6) is -0.562. The van der Waals surface area contributed by atoms with Gasteiger partial charge >= 0.3 is 5.97 Å². The molecule has 1 unspecified atom stereocenters. The van der Waals surface area contributed by atoms with Crippen molar-refractivity contribution in [2.45, 2.75) is 33.2 Å². The molecule has 0 fully saturated rings. The minimum absolute atomic E-state index is 0.0913. The monoisotopic (exact) mass is 293 g/mol. The summed E-state index contributed by atoms with van der Waals surface area (Å²) in [5.41, 5.74) is 7.06. The van der Waals surface area contributed by atoms with E-state index in [-0.39, 0.29) is 12.5 Å². The number of nitrogens with two attached hydrogens (primary N) is 1. The van der Waals surface area contributed by atoms with Gasteiger partial charge in [-0.05, 0) is 38.5 Å². The van der Waals surface area contributed by atoms with Crippen molar-refractivity contribution < 1.29 is 14.3 Å². The number of nitrogens with one attached hydrogen (secondary N) is 2. The molecule has 1 aromatic rings. The second kappa shape index (κ2) is 8.14. The number of carbonyl (C=O) groups excluding carboxylic acids is 2. The lowest BCUT2D eigenvalue weighted by atomic mass is 10.1. The fourth-order valence-electron chi connectivity index (χ4n) is 1.75. The number of amides is 1. The summed E-state index contributed by atoms with van der Waals surface area (Å²) in [5, 5.41) is 5.84. The maximum atomic E-state index is 11.8. The van der Waals surface area contributed by atoms with Crippen LogP contribution in [-0.2, 0) is 9.53 Å². The molecule has 6 nitrogen and oxygen atoms in total. The first kappa shape index (κ1) is 16.8. The number of ether oxygens (including phenoxy) is 1. The fraction of sp³-hybridized carbons (Fsp3) is 0.467. The van der Waals surface area contributed by atoms with Crippen LogP contribution in [0.5, 0.6) is 0 Å². The minimum Gasteiger partial charge on any atom is -0.462 e. The zero-order chi connectivity index (χ0) is 15.8. The Morgan fingerprint density at radius 2 is 2.05 bits per heavy atom. The average molecular weight is 293 g/mol. The Bertz CT molecular complexity index is 503. The van der Waals surface area contributed by atoms with Crippen molar-refractivity contribution in [1.82, 2.24) is 5.32 Å². The lowest BCUT2D eigenvalue weighted by Crippen LogP contribution is -2.37. The van der Waals surface area contributed by atoms with Crippen LogP contribution in [0, 0.1) is 0 Å². The van der Waals surface area contributed by atoms with E-state index in [1.807, 2.05) is 6.92 Å². The van der Waals surface area contributed by atoms with Crippen molar-refractivity contribution in [3.63, 3.8) is 0 Å². The molecule has 4 N–H and O–H groups in total. The van der Waals surface area contributed by atoms with Gasteiger partial charge in [0.25, 0.3) is 0 Å². The molecule has 1 aromatic carbocycles. The molecular weight excluding hydrogens is 270 g/mol. The first-order valence-electron chi connectivity index (χ1n) is 7.10. The van der Waals surface area contributed by atoms with Crippen LogP contribution in [0.15, 0.2) is 18.2 Å². The van der Waals surface area contributed by atoms with Crippen molar-refractivity contribution in [3.05, 3.63) is 23.8 Å². The summed E-state index contributed by atoms with van der Waals surface area (Å²) in [6.07, 6.45) is 0.882. The molecule has 0 aliphatic carbocycles. The van der Waals surface area contributed by atoms with E-state index in [0.717, 1.165) is 6.42 Å². The Morgan fingerprint density at radius 1 is 1.33 bits per heavy atom. The van der Waals surface area contributed by atoms with E-state index < -0.39 is 12.0 Å². The molecule has 0 bridgehead atoms. The van der Waals surface area contributed by atoms with Crippen LogP contribution < -0.4 is 16.4 Å². The Labute approximate surface area is 125 Å². The highest BCUT2D eigenvalue weighted by Crippen LogP contribution is 2.19. The van der Waals surface area contributed by atoms with E-state index >= 15 is 0 Å². The van der Waals surface area contributed by atoms with E-state index in [1.165, 1.54) is 0 Å². The summed E-state index contributed by atoms with van der Waals surface area (Å²) >= 11 is 0. The quantitative estimate of drug-likeness (QED) is 0.526. The highest BCUT2D eigenvalue weighted by atomic mass is 16.5. The molecule has 116 valence electrons. The SMILES string of the molecule is CCCNC(=O)C(C)Nc1ccc(N)c(C(=O)OCC)c1. The maximum Gasteiger partial charge on any atom is 0.340 e. The molecule has 0 saturated heterocycles. The van der Waals surface area contributed by atoms with E-state index in [2.05, 4.69) is 10.6 Å². The number of nitrogen functional groups attached to an aromatic ring is 1. The van der Waals surface area contributed by atoms with Crippen molar-refractivity contribution in [2.24, 2.45) is 0 Å². The molecule has 21 heavy (non-hydrogen) atoms. The fourth-order valence-corrected chi connectivity index (χ4v) is 1.75. The second-order valence-corrected chi connectivity index (χ2v) is 4.68. The van der Waals surface area contributed by atoms with Crippen molar-refractivity contribution in [2.75, 3.05) is 24.2 Å². The molecule has 1 rings (SSSR count). The van der Waals surface area contributed by atoms with Crippen LogP contribution in [0.2, 0.25) is 0 Å². The van der Waals surface area contributed by atoms with E-state index in [1.54, 1.807) is 32.0 Å². The van der Waals surface area contributed by atoms with Crippen LogP contribution in [0.1, 0.15) is 37.6 Å². The summed E-state index contributed by atoms with van der Waals surface area (Å²) in [7, 11) is 0.